The Kier molecular flexibility index (Phi) is 4.63. The Balaban J connectivity index is 1.75. The molecule has 0 spiro atoms. The fourth-order valence-corrected chi connectivity index (χ4v) is 3.18. The van der Waals surface area contributed by atoms with Crippen LogP contribution < -0.4 is 5.32 Å². The van der Waals surface area contributed by atoms with Gasteiger partial charge in [-0.25, -0.2) is 4.99 Å². The Morgan fingerprint density at radius 1 is 1.00 bits per heavy atom. The van der Waals surface area contributed by atoms with Gasteiger partial charge in [-0.3, -0.25) is 0 Å². The quantitative estimate of drug-likeness (QED) is 0.496. The second-order valence-electron chi connectivity index (χ2n) is 6.11. The summed E-state index contributed by atoms with van der Waals surface area (Å²) in [5, 5.41) is 12.9. The van der Waals surface area contributed by atoms with Crippen LogP contribution in [0, 0.1) is 0 Å². The minimum absolute atomic E-state index is 0.299. The molecule has 2 N–H and O–H groups in total. The first-order chi connectivity index (χ1) is 10.3. The highest BCUT2D eigenvalue weighted by atomic mass is 16.3. The molecule has 4 heteroatoms. The minimum Gasteiger partial charge on any atom is -0.508 e. The predicted octanol–water partition coefficient (Wildman–Crippen LogP) is 3.59. The largest absolute Gasteiger partial charge is 0.508 e. The Bertz CT molecular complexity index is 471. The number of phenols is 1. The zero-order valence-electron chi connectivity index (χ0n) is 12.6. The van der Waals surface area contributed by atoms with E-state index in [0.29, 0.717) is 11.8 Å². The van der Waals surface area contributed by atoms with E-state index in [1.165, 1.54) is 44.9 Å². The van der Waals surface area contributed by atoms with Crippen LogP contribution in [-0.4, -0.2) is 35.1 Å². The van der Waals surface area contributed by atoms with Gasteiger partial charge < -0.3 is 15.3 Å². The summed E-state index contributed by atoms with van der Waals surface area (Å²) in [6.45, 7) is 2.19. The van der Waals surface area contributed by atoms with Crippen molar-refractivity contribution in [3.05, 3.63) is 24.3 Å². The number of nitrogens with zero attached hydrogens (tertiary/aromatic N) is 2. The van der Waals surface area contributed by atoms with Crippen LogP contribution in [0.2, 0.25) is 0 Å². The highest BCUT2D eigenvalue weighted by Gasteiger charge is 2.19. The molecule has 21 heavy (non-hydrogen) atoms. The molecular weight excluding hydrogens is 262 g/mol. The van der Waals surface area contributed by atoms with Crippen molar-refractivity contribution in [3.8, 4) is 5.75 Å². The third-order valence-corrected chi connectivity index (χ3v) is 4.41. The molecule has 2 aliphatic rings. The van der Waals surface area contributed by atoms with Crippen molar-refractivity contribution in [1.29, 1.82) is 0 Å². The van der Waals surface area contributed by atoms with Gasteiger partial charge >= 0.3 is 0 Å². The summed E-state index contributed by atoms with van der Waals surface area (Å²) in [6.07, 6.45) is 8.87. The fraction of sp³-hybridized carbons (Fsp3) is 0.588. The van der Waals surface area contributed by atoms with Crippen LogP contribution in [0.15, 0.2) is 29.3 Å². The normalized spacial score (nSPS) is 20.8. The lowest BCUT2D eigenvalue weighted by molar-refractivity contribution is 0.339. The van der Waals surface area contributed by atoms with Gasteiger partial charge in [-0.05, 0) is 56.4 Å². The number of hydrogen-bond acceptors (Lipinski definition) is 2. The minimum atomic E-state index is 0.299. The molecule has 1 saturated carbocycles. The maximum atomic E-state index is 9.40. The van der Waals surface area contributed by atoms with Crippen LogP contribution in [-0.2, 0) is 0 Å². The Labute approximate surface area is 126 Å². The van der Waals surface area contributed by atoms with E-state index < -0.39 is 0 Å². The van der Waals surface area contributed by atoms with E-state index in [4.69, 9.17) is 4.99 Å². The average Bonchev–Trinajstić information content (AvgIpc) is 3.03. The highest BCUT2D eigenvalue weighted by Crippen LogP contribution is 2.23. The van der Waals surface area contributed by atoms with E-state index in [1.807, 2.05) is 12.1 Å². The second kappa shape index (κ2) is 6.83. The number of aromatic hydroxyl groups is 1. The number of benzene rings is 1. The lowest BCUT2D eigenvalue weighted by Crippen LogP contribution is -2.40. The lowest BCUT2D eigenvalue weighted by atomic mass is 10.1. The molecule has 1 aromatic rings. The molecule has 1 saturated heterocycles. The van der Waals surface area contributed by atoms with Gasteiger partial charge in [-0.1, -0.05) is 12.8 Å². The summed E-state index contributed by atoms with van der Waals surface area (Å²) >= 11 is 0. The van der Waals surface area contributed by atoms with Gasteiger partial charge in [0.1, 0.15) is 5.75 Å². The topological polar surface area (TPSA) is 47.9 Å². The highest BCUT2D eigenvalue weighted by molar-refractivity contribution is 5.93. The van der Waals surface area contributed by atoms with Gasteiger partial charge in [-0.15, -0.1) is 0 Å². The maximum Gasteiger partial charge on any atom is 0.198 e. The lowest BCUT2D eigenvalue weighted by Gasteiger charge is -2.31. The van der Waals surface area contributed by atoms with Crippen molar-refractivity contribution in [2.24, 2.45) is 4.99 Å². The van der Waals surface area contributed by atoms with Crippen molar-refractivity contribution >= 4 is 11.6 Å². The molecule has 2 fully saturated rings. The molecule has 0 radical (unpaired) electrons. The molecule has 1 heterocycles. The van der Waals surface area contributed by atoms with E-state index in [9.17, 15) is 5.11 Å². The smallest absolute Gasteiger partial charge is 0.198 e. The number of phenolic OH excluding ortho intramolecular Hbond substituents is 1. The number of hydrogen-bond donors (Lipinski definition) is 2. The van der Waals surface area contributed by atoms with Gasteiger partial charge in [0.05, 0.1) is 6.04 Å². The summed E-state index contributed by atoms with van der Waals surface area (Å²) in [5.41, 5.74) is 0.995. The van der Waals surface area contributed by atoms with Crippen LogP contribution >= 0.6 is 0 Å². The van der Waals surface area contributed by atoms with Crippen LogP contribution in [0.3, 0.4) is 0 Å². The first kappa shape index (κ1) is 14.2. The first-order valence-corrected chi connectivity index (χ1v) is 8.20. The molecule has 0 atom stereocenters. The SMILES string of the molecule is Oc1ccc(NC(=NC2CCCC2)N2CCCCC2)cc1. The van der Waals surface area contributed by atoms with Gasteiger partial charge in [0.15, 0.2) is 5.96 Å². The monoisotopic (exact) mass is 287 g/mol. The van der Waals surface area contributed by atoms with Gasteiger partial charge in [0.2, 0.25) is 0 Å². The second-order valence-corrected chi connectivity index (χ2v) is 6.11. The van der Waals surface area contributed by atoms with Crippen molar-refractivity contribution in [1.82, 2.24) is 4.90 Å². The maximum absolute atomic E-state index is 9.40. The van der Waals surface area contributed by atoms with Crippen LogP contribution in [0.25, 0.3) is 0 Å². The summed E-state index contributed by atoms with van der Waals surface area (Å²) < 4.78 is 0. The molecule has 1 aromatic carbocycles. The molecule has 0 amide bonds. The number of likely N-dealkylation sites (tertiary alicyclic amines) is 1. The summed E-state index contributed by atoms with van der Waals surface area (Å²) in [7, 11) is 0. The molecular formula is C17H25N3O. The molecule has 1 aliphatic carbocycles. The summed E-state index contributed by atoms with van der Waals surface area (Å²) in [6, 6.07) is 7.72. The van der Waals surface area contributed by atoms with Crippen LogP contribution in [0.4, 0.5) is 5.69 Å². The zero-order chi connectivity index (χ0) is 14.5. The van der Waals surface area contributed by atoms with Gasteiger partial charge in [0, 0.05) is 18.8 Å². The molecule has 4 nitrogen and oxygen atoms in total. The third kappa shape index (κ3) is 3.90. The molecule has 3 rings (SSSR count). The Morgan fingerprint density at radius 3 is 2.33 bits per heavy atom. The first-order valence-electron chi connectivity index (χ1n) is 8.20. The number of nitrogens with one attached hydrogen (secondary N) is 1. The number of aliphatic imine (C=N–C) groups is 1. The van der Waals surface area contributed by atoms with Crippen LogP contribution in [0.1, 0.15) is 44.9 Å². The third-order valence-electron chi connectivity index (χ3n) is 4.41. The number of anilines is 1. The molecule has 0 unspecified atom stereocenters. The summed E-state index contributed by atoms with van der Waals surface area (Å²) in [4.78, 5) is 7.37. The Morgan fingerprint density at radius 2 is 1.67 bits per heavy atom. The van der Waals surface area contributed by atoms with Crippen molar-refractivity contribution in [3.63, 3.8) is 0 Å². The van der Waals surface area contributed by atoms with Gasteiger partial charge in [0.25, 0.3) is 0 Å². The number of rotatable bonds is 2. The number of piperidine rings is 1. The predicted molar refractivity (Wildman–Crippen MR) is 86.8 cm³/mol. The average molecular weight is 287 g/mol. The number of guanidine groups is 1. The van der Waals surface area contributed by atoms with Crippen molar-refractivity contribution in [2.45, 2.75) is 51.0 Å². The van der Waals surface area contributed by atoms with E-state index in [-0.39, 0.29) is 0 Å². The van der Waals surface area contributed by atoms with Crippen molar-refractivity contribution < 1.29 is 5.11 Å². The summed E-state index contributed by atoms with van der Waals surface area (Å²) in [5.74, 6) is 1.32. The van der Waals surface area contributed by atoms with E-state index in [0.717, 1.165) is 24.7 Å². The molecule has 114 valence electrons. The molecule has 0 bridgehead atoms. The molecule has 1 aliphatic heterocycles. The van der Waals surface area contributed by atoms with Crippen LogP contribution in [0.5, 0.6) is 5.75 Å². The zero-order valence-corrected chi connectivity index (χ0v) is 12.6. The van der Waals surface area contributed by atoms with E-state index in [1.54, 1.807) is 12.1 Å². The van der Waals surface area contributed by atoms with E-state index in [2.05, 4.69) is 10.2 Å². The molecule has 0 aromatic heterocycles. The van der Waals surface area contributed by atoms with Gasteiger partial charge in [-0.2, -0.15) is 0 Å². The standard InChI is InChI=1S/C17H25N3O/c21-16-10-8-15(9-11-16)19-17(18-14-6-2-3-7-14)20-12-4-1-5-13-20/h8-11,14,21H,1-7,12-13H2,(H,18,19). The fourth-order valence-electron chi connectivity index (χ4n) is 3.18. The Hall–Kier alpha value is -1.71. The van der Waals surface area contributed by atoms with E-state index >= 15 is 0 Å². The van der Waals surface area contributed by atoms with Crippen molar-refractivity contribution in [2.75, 3.05) is 18.4 Å².